The van der Waals surface area contributed by atoms with Crippen molar-refractivity contribution in [2.45, 2.75) is 45.8 Å². The minimum absolute atomic E-state index is 0.0959. The highest BCUT2D eigenvalue weighted by atomic mass is 16.6. The zero-order chi connectivity index (χ0) is 12.6. The first-order valence-electron chi connectivity index (χ1n) is 5.66. The maximum Gasteiger partial charge on any atom is 0.407 e. The van der Waals surface area contributed by atoms with Crippen LogP contribution < -0.4 is 11.1 Å². The van der Waals surface area contributed by atoms with Gasteiger partial charge in [0.05, 0.1) is 0 Å². The van der Waals surface area contributed by atoms with Crippen LogP contribution in [0.15, 0.2) is 0 Å². The summed E-state index contributed by atoms with van der Waals surface area (Å²) in [4.78, 5) is 11.4. The van der Waals surface area contributed by atoms with Crippen LogP contribution >= 0.6 is 0 Å². The van der Waals surface area contributed by atoms with Crippen molar-refractivity contribution in [3.8, 4) is 0 Å². The summed E-state index contributed by atoms with van der Waals surface area (Å²) in [5.74, 6) is 0. The molecular weight excluding hydrogens is 208 g/mol. The van der Waals surface area contributed by atoms with Crippen molar-refractivity contribution in [3.05, 3.63) is 0 Å². The van der Waals surface area contributed by atoms with Crippen molar-refractivity contribution in [1.29, 1.82) is 0 Å². The van der Waals surface area contributed by atoms with Crippen molar-refractivity contribution in [2.75, 3.05) is 19.8 Å². The monoisotopic (exact) mass is 232 g/mol. The predicted molar refractivity (Wildman–Crippen MR) is 63.3 cm³/mol. The first-order valence-corrected chi connectivity index (χ1v) is 5.66. The van der Waals surface area contributed by atoms with Crippen LogP contribution in [0.25, 0.3) is 0 Å². The molecule has 3 N–H and O–H groups in total. The van der Waals surface area contributed by atoms with Gasteiger partial charge >= 0.3 is 6.09 Å². The van der Waals surface area contributed by atoms with Crippen LogP contribution in [0, 0.1) is 0 Å². The molecule has 0 spiro atoms. The number of nitrogens with two attached hydrogens (primary N) is 1. The van der Waals surface area contributed by atoms with E-state index >= 15 is 0 Å². The van der Waals surface area contributed by atoms with Crippen molar-refractivity contribution >= 4 is 6.09 Å². The summed E-state index contributed by atoms with van der Waals surface area (Å²) in [7, 11) is 0. The number of carbonyl (C=O) groups excluding carboxylic acids is 1. The lowest BCUT2D eigenvalue weighted by Gasteiger charge is -2.22. The lowest BCUT2D eigenvalue weighted by atomic mass is 10.2. The summed E-state index contributed by atoms with van der Waals surface area (Å²) in [5, 5.41) is 2.72. The van der Waals surface area contributed by atoms with Gasteiger partial charge < -0.3 is 20.5 Å². The summed E-state index contributed by atoms with van der Waals surface area (Å²) in [6.45, 7) is 9.04. The third-order valence-electron chi connectivity index (χ3n) is 1.82. The van der Waals surface area contributed by atoms with Crippen molar-refractivity contribution in [1.82, 2.24) is 5.32 Å². The maximum absolute atomic E-state index is 11.4. The summed E-state index contributed by atoms with van der Waals surface area (Å²) < 4.78 is 10.3. The van der Waals surface area contributed by atoms with Gasteiger partial charge in [0.15, 0.2) is 0 Å². The quantitative estimate of drug-likeness (QED) is 0.676. The highest BCUT2D eigenvalue weighted by molar-refractivity contribution is 5.68. The average Bonchev–Trinajstić information content (AvgIpc) is 2.13. The second-order valence-electron chi connectivity index (χ2n) is 4.56. The SMILES string of the molecule is CCOCC[C@@H](CN)NC(=O)OC(C)(C)C. The Bertz CT molecular complexity index is 202. The molecular formula is C11H24N2O3. The average molecular weight is 232 g/mol. The Balaban J connectivity index is 3.88. The molecule has 1 amide bonds. The lowest BCUT2D eigenvalue weighted by molar-refractivity contribution is 0.0491. The summed E-state index contributed by atoms with van der Waals surface area (Å²) in [5.41, 5.74) is 5.06. The highest BCUT2D eigenvalue weighted by Gasteiger charge is 2.18. The molecule has 96 valence electrons. The minimum Gasteiger partial charge on any atom is -0.444 e. The minimum atomic E-state index is -0.483. The first-order chi connectivity index (χ1) is 7.39. The molecule has 0 aromatic rings. The lowest BCUT2D eigenvalue weighted by Crippen LogP contribution is -2.43. The van der Waals surface area contributed by atoms with Gasteiger partial charge in [-0.2, -0.15) is 0 Å². The number of carbonyl (C=O) groups is 1. The van der Waals surface area contributed by atoms with Crippen LogP contribution in [-0.4, -0.2) is 37.5 Å². The van der Waals surface area contributed by atoms with Crippen molar-refractivity contribution in [3.63, 3.8) is 0 Å². The molecule has 0 heterocycles. The molecule has 0 radical (unpaired) electrons. The van der Waals surface area contributed by atoms with Gasteiger partial charge in [-0.1, -0.05) is 0 Å². The van der Waals surface area contributed by atoms with E-state index in [4.69, 9.17) is 15.2 Å². The molecule has 1 atom stereocenters. The molecule has 0 aromatic heterocycles. The molecule has 0 unspecified atom stereocenters. The Kier molecular flexibility index (Phi) is 7.08. The van der Waals surface area contributed by atoms with Gasteiger partial charge in [0.2, 0.25) is 0 Å². The fraction of sp³-hybridized carbons (Fsp3) is 0.909. The zero-order valence-corrected chi connectivity index (χ0v) is 10.7. The topological polar surface area (TPSA) is 73.6 Å². The van der Waals surface area contributed by atoms with E-state index in [2.05, 4.69) is 5.32 Å². The van der Waals surface area contributed by atoms with Crippen LogP contribution in [0.2, 0.25) is 0 Å². The third kappa shape index (κ3) is 8.49. The number of rotatable bonds is 6. The Morgan fingerprint density at radius 1 is 1.44 bits per heavy atom. The molecule has 0 aliphatic rings. The van der Waals surface area contributed by atoms with Crippen LogP contribution in [-0.2, 0) is 9.47 Å². The predicted octanol–water partition coefficient (Wildman–Crippen LogP) is 1.27. The first kappa shape index (κ1) is 15.2. The van der Waals surface area contributed by atoms with Gasteiger partial charge in [-0.3, -0.25) is 0 Å². The molecule has 0 saturated heterocycles. The number of nitrogens with one attached hydrogen (secondary N) is 1. The van der Waals surface area contributed by atoms with E-state index in [1.165, 1.54) is 0 Å². The molecule has 0 aliphatic heterocycles. The number of hydrogen-bond donors (Lipinski definition) is 2. The Hall–Kier alpha value is -0.810. The smallest absolute Gasteiger partial charge is 0.407 e. The molecule has 0 rings (SSSR count). The van der Waals surface area contributed by atoms with Crippen molar-refractivity contribution in [2.24, 2.45) is 5.73 Å². The van der Waals surface area contributed by atoms with Gasteiger partial charge in [0.25, 0.3) is 0 Å². The maximum atomic E-state index is 11.4. The number of amides is 1. The number of ether oxygens (including phenoxy) is 2. The van der Waals surface area contributed by atoms with E-state index in [1.54, 1.807) is 0 Å². The van der Waals surface area contributed by atoms with Gasteiger partial charge in [0, 0.05) is 25.8 Å². The molecule has 5 nitrogen and oxygen atoms in total. The van der Waals surface area contributed by atoms with Crippen LogP contribution in [0.3, 0.4) is 0 Å². The molecule has 0 saturated carbocycles. The fourth-order valence-corrected chi connectivity index (χ4v) is 1.09. The number of hydrogen-bond acceptors (Lipinski definition) is 4. The molecule has 0 bridgehead atoms. The fourth-order valence-electron chi connectivity index (χ4n) is 1.09. The van der Waals surface area contributed by atoms with Crippen molar-refractivity contribution < 1.29 is 14.3 Å². The van der Waals surface area contributed by atoms with Gasteiger partial charge in [-0.15, -0.1) is 0 Å². The van der Waals surface area contributed by atoms with E-state index in [9.17, 15) is 4.79 Å². The third-order valence-corrected chi connectivity index (χ3v) is 1.82. The van der Waals surface area contributed by atoms with Crippen LogP contribution in [0.1, 0.15) is 34.1 Å². The molecule has 0 aromatic carbocycles. The largest absolute Gasteiger partial charge is 0.444 e. The summed E-state index contributed by atoms with van der Waals surface area (Å²) >= 11 is 0. The van der Waals surface area contributed by atoms with Gasteiger partial charge in [0.1, 0.15) is 5.60 Å². The Morgan fingerprint density at radius 3 is 2.50 bits per heavy atom. The number of alkyl carbamates (subject to hydrolysis) is 1. The Morgan fingerprint density at radius 2 is 2.06 bits per heavy atom. The van der Waals surface area contributed by atoms with Crippen LogP contribution in [0.4, 0.5) is 4.79 Å². The summed E-state index contributed by atoms with van der Waals surface area (Å²) in [6.07, 6.45) is 0.267. The summed E-state index contributed by atoms with van der Waals surface area (Å²) in [6, 6.07) is -0.0959. The molecule has 16 heavy (non-hydrogen) atoms. The van der Waals surface area contributed by atoms with Gasteiger partial charge in [-0.05, 0) is 34.1 Å². The molecule has 0 fully saturated rings. The van der Waals surface area contributed by atoms with E-state index in [0.29, 0.717) is 26.2 Å². The van der Waals surface area contributed by atoms with Gasteiger partial charge in [-0.25, -0.2) is 4.79 Å². The van der Waals surface area contributed by atoms with Crippen LogP contribution in [0.5, 0.6) is 0 Å². The van der Waals surface area contributed by atoms with E-state index in [0.717, 1.165) is 0 Å². The standard InChI is InChI=1S/C11H24N2O3/c1-5-15-7-6-9(8-12)13-10(14)16-11(2,3)4/h9H,5-8,12H2,1-4H3,(H,13,14)/t9-/m0/s1. The van der Waals surface area contributed by atoms with E-state index < -0.39 is 11.7 Å². The molecule has 0 aliphatic carbocycles. The Labute approximate surface area is 97.7 Å². The highest BCUT2D eigenvalue weighted by Crippen LogP contribution is 2.07. The van der Waals surface area contributed by atoms with E-state index in [-0.39, 0.29) is 6.04 Å². The second kappa shape index (κ2) is 7.46. The normalized spacial score (nSPS) is 13.3. The molecule has 5 heteroatoms. The second-order valence-corrected chi connectivity index (χ2v) is 4.56. The van der Waals surface area contributed by atoms with E-state index in [1.807, 2.05) is 27.7 Å². The zero-order valence-electron chi connectivity index (χ0n) is 10.7.